The lowest BCUT2D eigenvalue weighted by Gasteiger charge is -2.23. The third-order valence-electron chi connectivity index (χ3n) is 3.80. The fourth-order valence-corrected chi connectivity index (χ4v) is 3.28. The van der Waals surface area contributed by atoms with E-state index in [9.17, 15) is 4.79 Å². The molecule has 5 nitrogen and oxygen atoms in total. The number of nitrogens with zero attached hydrogens (tertiary/aromatic N) is 2. The monoisotopic (exact) mass is 304 g/mol. The van der Waals surface area contributed by atoms with E-state index in [2.05, 4.69) is 31.9 Å². The van der Waals surface area contributed by atoms with Crippen LogP contribution in [0.5, 0.6) is 0 Å². The summed E-state index contributed by atoms with van der Waals surface area (Å²) in [6.07, 6.45) is 2.40. The zero-order valence-corrected chi connectivity index (χ0v) is 13.1. The number of amides is 1. The standard InChI is InChI=1S/C15H20N4OS/c1-19(2)13(14-4-3-7-21-14)9-16-15(20)12-8-11(17-18-12)10-5-6-10/h3-4,7-8,10,13H,5-6,9H2,1-2H3,(H,16,20)(H,17,18). The highest BCUT2D eigenvalue weighted by Crippen LogP contribution is 2.38. The third-order valence-corrected chi connectivity index (χ3v) is 4.77. The Morgan fingerprint density at radius 2 is 2.38 bits per heavy atom. The number of carbonyl (C=O) groups excluding carboxylic acids is 1. The minimum atomic E-state index is -0.110. The van der Waals surface area contributed by atoms with Crippen LogP contribution in [0.25, 0.3) is 0 Å². The summed E-state index contributed by atoms with van der Waals surface area (Å²) in [5, 5.41) is 12.1. The van der Waals surface area contributed by atoms with Crippen molar-refractivity contribution in [1.29, 1.82) is 0 Å². The van der Waals surface area contributed by atoms with Crippen LogP contribution in [0.1, 0.15) is 45.9 Å². The van der Waals surface area contributed by atoms with Crippen molar-refractivity contribution in [2.75, 3.05) is 20.6 Å². The second-order valence-electron chi connectivity index (χ2n) is 5.69. The van der Waals surface area contributed by atoms with Crippen LogP contribution < -0.4 is 5.32 Å². The van der Waals surface area contributed by atoms with Crippen LogP contribution in [0, 0.1) is 0 Å². The Kier molecular flexibility index (Phi) is 4.07. The molecule has 1 unspecified atom stereocenters. The second kappa shape index (κ2) is 5.99. The van der Waals surface area contributed by atoms with E-state index in [1.807, 2.05) is 26.2 Å². The number of hydrogen-bond donors (Lipinski definition) is 2. The highest BCUT2D eigenvalue weighted by molar-refractivity contribution is 7.10. The Morgan fingerprint density at radius 1 is 1.57 bits per heavy atom. The summed E-state index contributed by atoms with van der Waals surface area (Å²) in [5.74, 6) is 0.473. The highest BCUT2D eigenvalue weighted by Gasteiger charge is 2.26. The number of rotatable bonds is 6. The van der Waals surface area contributed by atoms with Crippen LogP contribution in [-0.4, -0.2) is 41.6 Å². The number of H-pyrrole nitrogens is 1. The van der Waals surface area contributed by atoms with Gasteiger partial charge in [-0.1, -0.05) is 6.07 Å². The van der Waals surface area contributed by atoms with E-state index < -0.39 is 0 Å². The molecule has 112 valence electrons. The molecule has 3 rings (SSSR count). The number of carbonyl (C=O) groups is 1. The molecule has 1 aliphatic rings. The molecule has 0 saturated heterocycles. The van der Waals surface area contributed by atoms with Crippen LogP contribution in [0.15, 0.2) is 23.6 Å². The van der Waals surface area contributed by atoms with E-state index in [1.54, 1.807) is 11.3 Å². The lowest BCUT2D eigenvalue weighted by atomic mass is 10.2. The Morgan fingerprint density at radius 3 is 3.00 bits per heavy atom. The molecule has 0 aromatic carbocycles. The first-order valence-electron chi connectivity index (χ1n) is 7.18. The van der Waals surface area contributed by atoms with Gasteiger partial charge in [0.15, 0.2) is 0 Å². The molecule has 0 radical (unpaired) electrons. The molecule has 1 atom stereocenters. The number of thiophene rings is 1. The van der Waals surface area contributed by atoms with Crippen molar-refractivity contribution in [3.8, 4) is 0 Å². The van der Waals surface area contributed by atoms with Gasteiger partial charge in [0.2, 0.25) is 0 Å². The Labute approximate surface area is 128 Å². The van der Waals surface area contributed by atoms with Crippen molar-refractivity contribution in [2.24, 2.45) is 0 Å². The predicted octanol–water partition coefficient (Wildman–Crippen LogP) is 2.38. The van der Waals surface area contributed by atoms with Gasteiger partial charge in [0.05, 0.1) is 6.04 Å². The van der Waals surface area contributed by atoms with Gasteiger partial charge in [-0.05, 0) is 44.4 Å². The number of aromatic nitrogens is 2. The van der Waals surface area contributed by atoms with Gasteiger partial charge >= 0.3 is 0 Å². The second-order valence-corrected chi connectivity index (χ2v) is 6.67. The average Bonchev–Trinajstić information content (AvgIpc) is 2.98. The Balaban J connectivity index is 1.60. The molecule has 6 heteroatoms. The van der Waals surface area contributed by atoms with Gasteiger partial charge in [0.1, 0.15) is 5.69 Å². The summed E-state index contributed by atoms with van der Waals surface area (Å²) in [7, 11) is 4.05. The zero-order valence-electron chi connectivity index (χ0n) is 12.3. The van der Waals surface area contributed by atoms with Crippen molar-refractivity contribution in [2.45, 2.75) is 24.8 Å². The molecule has 0 aliphatic heterocycles. The van der Waals surface area contributed by atoms with Crippen molar-refractivity contribution in [3.05, 3.63) is 39.8 Å². The lowest BCUT2D eigenvalue weighted by molar-refractivity contribution is 0.0937. The van der Waals surface area contributed by atoms with Crippen LogP contribution in [0.2, 0.25) is 0 Å². The fraction of sp³-hybridized carbons (Fsp3) is 0.467. The summed E-state index contributed by atoms with van der Waals surface area (Å²) in [5.41, 5.74) is 1.57. The minimum absolute atomic E-state index is 0.110. The smallest absolute Gasteiger partial charge is 0.271 e. The summed E-state index contributed by atoms with van der Waals surface area (Å²) >= 11 is 1.71. The SMILES string of the molecule is CN(C)C(CNC(=O)c1cc(C2CC2)[nH]n1)c1cccs1. The molecule has 21 heavy (non-hydrogen) atoms. The summed E-state index contributed by atoms with van der Waals surface area (Å²) < 4.78 is 0. The highest BCUT2D eigenvalue weighted by atomic mass is 32.1. The van der Waals surface area contributed by atoms with Gasteiger partial charge in [-0.15, -0.1) is 11.3 Å². The first kappa shape index (κ1) is 14.3. The topological polar surface area (TPSA) is 61.0 Å². The first-order valence-corrected chi connectivity index (χ1v) is 8.06. The van der Waals surface area contributed by atoms with Gasteiger partial charge in [-0.3, -0.25) is 9.89 Å². The molecule has 1 fully saturated rings. The molecule has 2 heterocycles. The molecular formula is C15H20N4OS. The van der Waals surface area contributed by atoms with E-state index in [1.165, 1.54) is 17.7 Å². The molecule has 1 saturated carbocycles. The molecule has 0 bridgehead atoms. The van der Waals surface area contributed by atoms with Gasteiger partial charge in [0.25, 0.3) is 5.91 Å². The van der Waals surface area contributed by atoms with Crippen molar-refractivity contribution < 1.29 is 4.79 Å². The van der Waals surface area contributed by atoms with Crippen LogP contribution >= 0.6 is 11.3 Å². The van der Waals surface area contributed by atoms with Gasteiger partial charge in [-0.2, -0.15) is 5.10 Å². The number of hydrogen-bond acceptors (Lipinski definition) is 4. The maximum absolute atomic E-state index is 12.2. The Bertz CT molecular complexity index is 601. The van der Waals surface area contributed by atoms with Crippen molar-refractivity contribution in [3.63, 3.8) is 0 Å². The van der Waals surface area contributed by atoms with E-state index >= 15 is 0 Å². The van der Waals surface area contributed by atoms with E-state index in [0.717, 1.165) is 5.69 Å². The molecule has 2 aromatic rings. The summed E-state index contributed by atoms with van der Waals surface area (Å²) in [6.45, 7) is 0.581. The Hall–Kier alpha value is -1.66. The zero-order chi connectivity index (χ0) is 14.8. The van der Waals surface area contributed by atoms with E-state index in [4.69, 9.17) is 0 Å². The van der Waals surface area contributed by atoms with E-state index in [-0.39, 0.29) is 11.9 Å². The molecule has 1 aliphatic carbocycles. The summed E-state index contributed by atoms with van der Waals surface area (Å²) in [6, 6.07) is 6.20. The lowest BCUT2D eigenvalue weighted by Crippen LogP contribution is -2.34. The van der Waals surface area contributed by atoms with Crippen LogP contribution in [0.4, 0.5) is 0 Å². The molecule has 0 spiro atoms. The molecule has 2 aromatic heterocycles. The molecule has 2 N–H and O–H groups in total. The normalized spacial score (nSPS) is 16.1. The van der Waals surface area contributed by atoms with Gasteiger partial charge in [0, 0.05) is 23.0 Å². The quantitative estimate of drug-likeness (QED) is 0.861. The predicted molar refractivity (Wildman–Crippen MR) is 83.6 cm³/mol. The van der Waals surface area contributed by atoms with E-state index in [0.29, 0.717) is 18.2 Å². The number of aromatic amines is 1. The summed E-state index contributed by atoms with van der Waals surface area (Å²) in [4.78, 5) is 15.6. The van der Waals surface area contributed by atoms with Crippen molar-refractivity contribution >= 4 is 17.2 Å². The third kappa shape index (κ3) is 3.33. The van der Waals surface area contributed by atoms with Crippen molar-refractivity contribution in [1.82, 2.24) is 20.4 Å². The average molecular weight is 304 g/mol. The van der Waals surface area contributed by atoms with Crippen LogP contribution in [-0.2, 0) is 0 Å². The van der Waals surface area contributed by atoms with Gasteiger partial charge < -0.3 is 10.2 Å². The minimum Gasteiger partial charge on any atom is -0.349 e. The molecule has 1 amide bonds. The largest absolute Gasteiger partial charge is 0.349 e. The maximum Gasteiger partial charge on any atom is 0.271 e. The fourth-order valence-electron chi connectivity index (χ4n) is 2.35. The number of nitrogens with one attached hydrogen (secondary N) is 2. The van der Waals surface area contributed by atoms with Gasteiger partial charge in [-0.25, -0.2) is 0 Å². The first-order chi connectivity index (χ1) is 10.1. The van der Waals surface area contributed by atoms with Crippen LogP contribution in [0.3, 0.4) is 0 Å². The number of likely N-dealkylation sites (N-methyl/N-ethyl adjacent to an activating group) is 1. The maximum atomic E-state index is 12.2. The molecular weight excluding hydrogens is 284 g/mol.